The van der Waals surface area contributed by atoms with Crippen LogP contribution in [0, 0.1) is 0 Å². The minimum atomic E-state index is -0.0228. The molecule has 1 unspecified atom stereocenters. The molecular formula is C10H15N3O. The molecule has 0 spiro atoms. The Balaban J connectivity index is 2.76. The maximum absolute atomic E-state index is 11.8. The zero-order valence-corrected chi connectivity index (χ0v) is 8.47. The van der Waals surface area contributed by atoms with Crippen molar-refractivity contribution >= 4 is 5.91 Å². The van der Waals surface area contributed by atoms with Crippen molar-refractivity contribution in [1.82, 2.24) is 9.88 Å². The smallest absolute Gasteiger partial charge is 0.253 e. The quantitative estimate of drug-likeness (QED) is 0.760. The largest absolute Gasteiger partial charge is 0.338 e. The fourth-order valence-electron chi connectivity index (χ4n) is 1.06. The van der Waals surface area contributed by atoms with E-state index in [1.165, 1.54) is 0 Å². The van der Waals surface area contributed by atoms with Crippen LogP contribution in [0.25, 0.3) is 0 Å². The third-order valence-corrected chi connectivity index (χ3v) is 2.25. The van der Waals surface area contributed by atoms with Gasteiger partial charge in [-0.15, -0.1) is 0 Å². The Hall–Kier alpha value is -1.42. The highest BCUT2D eigenvalue weighted by molar-refractivity contribution is 5.94. The van der Waals surface area contributed by atoms with E-state index in [0.717, 1.165) is 0 Å². The summed E-state index contributed by atoms with van der Waals surface area (Å²) < 4.78 is 0. The zero-order chi connectivity index (χ0) is 10.6. The first kappa shape index (κ1) is 10.7. The van der Waals surface area contributed by atoms with Crippen molar-refractivity contribution in [2.75, 3.05) is 13.6 Å². The molecule has 0 radical (unpaired) electrons. The number of carbonyl (C=O) groups excluding carboxylic acids is 1. The van der Waals surface area contributed by atoms with Gasteiger partial charge in [0.05, 0.1) is 0 Å². The molecule has 1 heterocycles. The second-order valence-electron chi connectivity index (χ2n) is 3.24. The lowest BCUT2D eigenvalue weighted by molar-refractivity contribution is 0.0748. The Bertz CT molecular complexity index is 299. The summed E-state index contributed by atoms with van der Waals surface area (Å²) in [4.78, 5) is 17.3. The molecule has 4 nitrogen and oxygen atoms in total. The van der Waals surface area contributed by atoms with E-state index < -0.39 is 0 Å². The van der Waals surface area contributed by atoms with Crippen LogP contribution in [0.5, 0.6) is 0 Å². The summed E-state index contributed by atoms with van der Waals surface area (Å²) >= 11 is 0. The van der Waals surface area contributed by atoms with Gasteiger partial charge in [0.15, 0.2) is 0 Å². The van der Waals surface area contributed by atoms with E-state index in [2.05, 4.69) is 4.98 Å². The molecule has 76 valence electrons. The van der Waals surface area contributed by atoms with Gasteiger partial charge in [0.25, 0.3) is 5.91 Å². The number of aromatic nitrogens is 1. The predicted molar refractivity (Wildman–Crippen MR) is 54.8 cm³/mol. The van der Waals surface area contributed by atoms with Gasteiger partial charge in [0.2, 0.25) is 0 Å². The van der Waals surface area contributed by atoms with E-state index >= 15 is 0 Å². The molecular weight excluding hydrogens is 178 g/mol. The molecule has 1 aromatic heterocycles. The number of hydrogen-bond acceptors (Lipinski definition) is 3. The highest BCUT2D eigenvalue weighted by atomic mass is 16.2. The average molecular weight is 193 g/mol. The fraction of sp³-hybridized carbons (Fsp3) is 0.400. The molecule has 0 saturated carbocycles. The van der Waals surface area contributed by atoms with Crippen LogP contribution >= 0.6 is 0 Å². The van der Waals surface area contributed by atoms with Gasteiger partial charge in [-0.2, -0.15) is 0 Å². The third kappa shape index (κ3) is 2.29. The van der Waals surface area contributed by atoms with Crippen LogP contribution in [-0.2, 0) is 0 Å². The molecule has 0 aliphatic carbocycles. The van der Waals surface area contributed by atoms with E-state index in [0.29, 0.717) is 12.1 Å². The van der Waals surface area contributed by atoms with Crippen molar-refractivity contribution in [2.45, 2.75) is 13.0 Å². The summed E-state index contributed by atoms with van der Waals surface area (Å²) in [5.41, 5.74) is 6.12. The number of nitrogens with zero attached hydrogens (tertiary/aromatic N) is 2. The van der Waals surface area contributed by atoms with E-state index in [4.69, 9.17) is 5.73 Å². The Kier molecular flexibility index (Phi) is 3.59. The second kappa shape index (κ2) is 4.72. The molecule has 0 fully saturated rings. The van der Waals surface area contributed by atoms with E-state index in [1.54, 1.807) is 36.5 Å². The number of amides is 1. The topological polar surface area (TPSA) is 59.2 Å². The zero-order valence-electron chi connectivity index (χ0n) is 8.47. The minimum Gasteiger partial charge on any atom is -0.338 e. The van der Waals surface area contributed by atoms with E-state index in [9.17, 15) is 4.79 Å². The first-order valence-electron chi connectivity index (χ1n) is 4.54. The lowest BCUT2D eigenvalue weighted by Gasteiger charge is -2.23. The number of carbonyl (C=O) groups is 1. The summed E-state index contributed by atoms with van der Waals surface area (Å²) in [6.07, 6.45) is 3.21. The number of pyridine rings is 1. The van der Waals surface area contributed by atoms with Crippen LogP contribution in [0.2, 0.25) is 0 Å². The molecule has 1 atom stereocenters. The predicted octanol–water partition coefficient (Wildman–Crippen LogP) is 0.501. The number of likely N-dealkylation sites (N-methyl/N-ethyl adjacent to an activating group) is 1. The van der Waals surface area contributed by atoms with Gasteiger partial charge in [-0.05, 0) is 19.1 Å². The molecule has 0 bridgehead atoms. The van der Waals surface area contributed by atoms with Gasteiger partial charge in [0, 0.05) is 37.6 Å². The minimum absolute atomic E-state index is 0.0228. The normalized spacial score (nSPS) is 12.2. The van der Waals surface area contributed by atoms with Crippen LogP contribution < -0.4 is 5.73 Å². The van der Waals surface area contributed by atoms with Gasteiger partial charge < -0.3 is 10.6 Å². The maximum Gasteiger partial charge on any atom is 0.253 e. The molecule has 4 heteroatoms. The van der Waals surface area contributed by atoms with Gasteiger partial charge in [-0.1, -0.05) is 0 Å². The lowest BCUT2D eigenvalue weighted by atomic mass is 10.2. The van der Waals surface area contributed by atoms with Crippen LogP contribution in [0.4, 0.5) is 0 Å². The Morgan fingerprint density at radius 3 is 2.64 bits per heavy atom. The first-order valence-corrected chi connectivity index (χ1v) is 4.54. The Labute approximate surface area is 83.7 Å². The summed E-state index contributed by atoms with van der Waals surface area (Å²) in [5, 5.41) is 0. The first-order chi connectivity index (χ1) is 6.66. The molecule has 0 aliphatic heterocycles. The average Bonchev–Trinajstić information content (AvgIpc) is 2.27. The standard InChI is InChI=1S/C10H15N3O/c1-8(7-11)13(2)10(14)9-3-5-12-6-4-9/h3-6,8H,7,11H2,1-2H3. The summed E-state index contributed by atoms with van der Waals surface area (Å²) in [5.74, 6) is -0.0228. The van der Waals surface area contributed by atoms with E-state index in [1.807, 2.05) is 6.92 Å². The SMILES string of the molecule is CC(CN)N(C)C(=O)c1ccncc1. The number of nitrogens with two attached hydrogens (primary N) is 1. The maximum atomic E-state index is 11.8. The molecule has 2 N–H and O–H groups in total. The number of hydrogen-bond donors (Lipinski definition) is 1. The summed E-state index contributed by atoms with van der Waals surface area (Å²) in [6, 6.07) is 3.44. The van der Waals surface area contributed by atoms with Crippen molar-refractivity contribution in [3.05, 3.63) is 30.1 Å². The second-order valence-corrected chi connectivity index (χ2v) is 3.24. The molecule has 0 aliphatic rings. The molecule has 1 rings (SSSR count). The monoisotopic (exact) mass is 193 g/mol. The van der Waals surface area contributed by atoms with Gasteiger partial charge in [-0.25, -0.2) is 0 Å². The highest BCUT2D eigenvalue weighted by Gasteiger charge is 2.15. The molecule has 0 saturated heterocycles. The van der Waals surface area contributed by atoms with Crippen molar-refractivity contribution in [1.29, 1.82) is 0 Å². The van der Waals surface area contributed by atoms with Crippen LogP contribution in [-0.4, -0.2) is 35.4 Å². The Morgan fingerprint density at radius 1 is 1.57 bits per heavy atom. The molecule has 1 amide bonds. The van der Waals surface area contributed by atoms with Crippen LogP contribution in [0.15, 0.2) is 24.5 Å². The van der Waals surface area contributed by atoms with Crippen molar-refractivity contribution in [2.24, 2.45) is 5.73 Å². The van der Waals surface area contributed by atoms with Crippen molar-refractivity contribution in [3.8, 4) is 0 Å². The Morgan fingerprint density at radius 2 is 2.14 bits per heavy atom. The van der Waals surface area contributed by atoms with Gasteiger partial charge in [0.1, 0.15) is 0 Å². The summed E-state index contributed by atoms with van der Waals surface area (Å²) in [6.45, 7) is 2.38. The molecule has 0 aromatic carbocycles. The fourth-order valence-corrected chi connectivity index (χ4v) is 1.06. The van der Waals surface area contributed by atoms with Gasteiger partial charge >= 0.3 is 0 Å². The van der Waals surface area contributed by atoms with E-state index in [-0.39, 0.29) is 11.9 Å². The highest BCUT2D eigenvalue weighted by Crippen LogP contribution is 2.04. The third-order valence-electron chi connectivity index (χ3n) is 2.25. The summed E-state index contributed by atoms with van der Waals surface area (Å²) in [7, 11) is 1.75. The van der Waals surface area contributed by atoms with Crippen LogP contribution in [0.3, 0.4) is 0 Å². The lowest BCUT2D eigenvalue weighted by Crippen LogP contribution is -2.39. The van der Waals surface area contributed by atoms with Gasteiger partial charge in [-0.3, -0.25) is 9.78 Å². The molecule has 1 aromatic rings. The number of rotatable bonds is 3. The van der Waals surface area contributed by atoms with Crippen LogP contribution in [0.1, 0.15) is 17.3 Å². The van der Waals surface area contributed by atoms with Crippen molar-refractivity contribution < 1.29 is 4.79 Å². The van der Waals surface area contributed by atoms with Crippen molar-refractivity contribution in [3.63, 3.8) is 0 Å². The molecule has 14 heavy (non-hydrogen) atoms.